The van der Waals surface area contributed by atoms with E-state index in [9.17, 15) is 35.1 Å². The summed E-state index contributed by atoms with van der Waals surface area (Å²) in [6, 6.07) is 1.90. The van der Waals surface area contributed by atoms with Gasteiger partial charge in [0.2, 0.25) is 12.1 Å². The third-order valence-corrected chi connectivity index (χ3v) is 8.66. The Morgan fingerprint density at radius 3 is 2.23 bits per heavy atom. The second kappa shape index (κ2) is 12.7. The number of benzene rings is 2. The summed E-state index contributed by atoms with van der Waals surface area (Å²) in [4.78, 5) is 29.5. The van der Waals surface area contributed by atoms with Gasteiger partial charge in [-0.05, 0) is 45.6 Å². The average Bonchev–Trinajstić information content (AvgIpc) is 2.89. The average molecular weight is 840 g/mol. The number of ether oxygens (including phenoxy) is 3. The number of hydrogen-bond acceptors (Lipinski definition) is 11. The van der Waals surface area contributed by atoms with E-state index in [1.165, 1.54) is 19.2 Å². The zero-order chi connectivity index (χ0) is 31.0. The van der Waals surface area contributed by atoms with Crippen molar-refractivity contribution in [2.24, 2.45) is 0 Å². The van der Waals surface area contributed by atoms with Crippen molar-refractivity contribution in [3.05, 3.63) is 63.4 Å². The first kappa shape index (κ1) is 36.6. The van der Waals surface area contributed by atoms with E-state index in [1.54, 1.807) is 32.8 Å². The molecule has 1 fully saturated rings. The predicted molar refractivity (Wildman–Crippen MR) is 156 cm³/mol. The van der Waals surface area contributed by atoms with Gasteiger partial charge in [-0.25, -0.2) is 0 Å². The van der Waals surface area contributed by atoms with Gasteiger partial charge in [-0.1, -0.05) is 0 Å². The Bertz CT molecular complexity index is 1490. The van der Waals surface area contributed by atoms with E-state index in [4.69, 9.17) is 33.0 Å². The Balaban J connectivity index is 0.00000102. The minimum Gasteiger partial charge on any atom is -0.693 e. The monoisotopic (exact) mass is 838 g/mol. The number of methoxy groups -OCH3 is 1. The molecule has 0 unspecified atom stereocenters. The fraction of sp³-hybridized carbons (Fsp3) is 0.500. The number of rotatable bonds is 2. The predicted octanol–water partition coefficient (Wildman–Crippen LogP) is 3.68. The maximum atomic E-state index is 14.1. The number of ketones is 2. The Labute approximate surface area is 270 Å². The molecule has 2 aromatic carbocycles. The number of carbonyl (C=O) groups excluding carboxylic acids is 2. The number of halogens is 2. The largest absolute Gasteiger partial charge is 0.693 e. The van der Waals surface area contributed by atoms with E-state index >= 15 is 0 Å². The molecular formula is C28H35Cl2N3O10Pt. The molecule has 0 saturated carbocycles. The number of aromatic hydroxyl groups is 2. The summed E-state index contributed by atoms with van der Waals surface area (Å²) in [6.45, 7) is 3.19. The van der Waals surface area contributed by atoms with Crippen LogP contribution in [0.15, 0.2) is 12.1 Å². The standard InChI is InChI=1S/C28H31NO10.2ClH.2H2N.Pt/c1-27(36)8-10-6-11-16(21(32)15(10)14(9-27)37-5)22(33)17-13(30)7-12-24(18(17)20(11)31)38-26-23(34)19(29(3)4)25(35)28(12,2)39-26;;;;;/h6-7,14,19,23,25-26,30,32,34-36H,8-9H2,1-5H3;2*1H;2*1H2;/q;;;2*-1;+4/p-2/t14-,19+,23+,25-,26-,27-,28-;;;;;/m1...../s1. The molecule has 2 aliphatic heterocycles. The number of carbonyl (C=O) groups is 2. The summed E-state index contributed by atoms with van der Waals surface area (Å²) in [7, 11) is 14.5. The van der Waals surface area contributed by atoms with Gasteiger partial charge in [0.1, 0.15) is 35.1 Å². The summed E-state index contributed by atoms with van der Waals surface area (Å²) >= 11 is -0.472. The maximum Gasteiger partial charge on any atom is -0.693 e. The first-order valence-electron chi connectivity index (χ1n) is 13.0. The van der Waals surface area contributed by atoms with E-state index in [0.717, 1.165) is 0 Å². The number of hydrogen-bond donors (Lipinski definition) is 5. The molecule has 0 amide bonds. The molecule has 2 bridgehead atoms. The molecule has 6 rings (SSSR count). The summed E-state index contributed by atoms with van der Waals surface area (Å²) in [6.07, 6.45) is -4.29. The van der Waals surface area contributed by atoms with Crippen LogP contribution in [-0.2, 0) is 38.0 Å². The van der Waals surface area contributed by atoms with Crippen LogP contribution in [0, 0.1) is 0 Å². The number of fused-ring (bicyclic) bond motifs is 8. The van der Waals surface area contributed by atoms with E-state index in [0.29, 0.717) is 11.1 Å². The third-order valence-electron chi connectivity index (χ3n) is 8.66. The second-order valence-electron chi connectivity index (χ2n) is 11.6. The first-order valence-corrected chi connectivity index (χ1v) is 18.6. The minimum atomic E-state index is -1.50. The van der Waals surface area contributed by atoms with Gasteiger partial charge >= 0.3 is 35.3 Å². The molecule has 13 nitrogen and oxygen atoms in total. The van der Waals surface area contributed by atoms with Crippen LogP contribution in [0.4, 0.5) is 0 Å². The molecular weight excluding hydrogens is 804 g/mol. The van der Waals surface area contributed by atoms with Gasteiger partial charge in [0.25, 0.3) is 0 Å². The Kier molecular flexibility index (Phi) is 10.6. The Morgan fingerprint density at radius 1 is 1.05 bits per heavy atom. The van der Waals surface area contributed by atoms with Crippen LogP contribution in [0.3, 0.4) is 0 Å². The molecule has 1 saturated heterocycles. The van der Waals surface area contributed by atoms with Crippen LogP contribution in [-0.4, -0.2) is 93.3 Å². The van der Waals surface area contributed by atoms with Crippen molar-refractivity contribution in [2.45, 2.75) is 68.5 Å². The SMILES string of the molecule is CO[C@@H]1C[C@](C)(O)Cc2cc3c(c(O)c21)C(=O)c1c(O)cc2c(c1C3=O)O[C@@H]1O[C@@]2(C)[C@H](O)[C@@H](N(C)C)[C@@H]1O.[Cl][Pt+2][Cl].[NH2-].[NH2-]. The maximum absolute atomic E-state index is 14.1. The number of likely N-dealkylation sites (N-methyl/N-ethyl adjacent to an activating group) is 1. The summed E-state index contributed by atoms with van der Waals surface area (Å²) in [5.74, 6) is -2.54. The second-order valence-corrected chi connectivity index (χ2v) is 14.9. The Hall–Kier alpha value is -1.87. The number of phenols is 2. The number of aliphatic hydroxyl groups is 3. The van der Waals surface area contributed by atoms with Crippen LogP contribution in [0.2, 0.25) is 0 Å². The normalized spacial score (nSPS) is 31.2. The molecule has 44 heavy (non-hydrogen) atoms. The van der Waals surface area contributed by atoms with Gasteiger partial charge in [-0.2, -0.15) is 0 Å². The molecule has 0 spiro atoms. The van der Waals surface area contributed by atoms with Crippen LogP contribution < -0.4 is 4.74 Å². The quantitative estimate of drug-likeness (QED) is 0.250. The molecule has 0 radical (unpaired) electrons. The molecule has 246 valence electrons. The smallest absolute Gasteiger partial charge is 0.693 e. The molecule has 7 atom stereocenters. The molecule has 2 heterocycles. The van der Waals surface area contributed by atoms with Crippen molar-refractivity contribution in [1.29, 1.82) is 0 Å². The van der Waals surface area contributed by atoms with E-state index in [-0.39, 0.29) is 58.7 Å². The van der Waals surface area contributed by atoms with Gasteiger partial charge in [0.15, 0.2) is 5.78 Å². The van der Waals surface area contributed by atoms with Gasteiger partial charge in [0, 0.05) is 36.6 Å². The fourth-order valence-electron chi connectivity index (χ4n) is 6.76. The van der Waals surface area contributed by atoms with Crippen molar-refractivity contribution < 1.29 is 65.8 Å². The van der Waals surface area contributed by atoms with Crippen LogP contribution in [0.1, 0.15) is 74.9 Å². The zero-order valence-corrected chi connectivity index (χ0v) is 28.2. The molecule has 0 aromatic heterocycles. The summed E-state index contributed by atoms with van der Waals surface area (Å²) in [5.41, 5.74) is -2.71. The first-order chi connectivity index (χ1) is 19.6. The number of phenolic OH excluding ortho intramolecular Hbond substituents is 2. The topological polar surface area (TPSA) is 233 Å². The van der Waals surface area contributed by atoms with E-state index in [2.05, 4.69) is 0 Å². The molecule has 16 heteroatoms. The zero-order valence-electron chi connectivity index (χ0n) is 24.4. The van der Waals surface area contributed by atoms with Crippen LogP contribution in [0.5, 0.6) is 17.2 Å². The number of nitrogens with zero attached hydrogens (tertiary/aromatic N) is 1. The van der Waals surface area contributed by atoms with Gasteiger partial charge in [-0.3, -0.25) is 9.59 Å². The molecule has 2 aromatic rings. The van der Waals surface area contributed by atoms with Crippen LogP contribution >= 0.6 is 18.8 Å². The Morgan fingerprint density at radius 2 is 1.66 bits per heavy atom. The minimum absolute atomic E-state index is 0. The summed E-state index contributed by atoms with van der Waals surface area (Å²) in [5, 5.41) is 55.4. The van der Waals surface area contributed by atoms with Gasteiger partial charge < -0.3 is 56.9 Å². The molecule has 9 N–H and O–H groups in total. The molecule has 2 aliphatic carbocycles. The van der Waals surface area contributed by atoms with E-state index < -0.39 is 81.4 Å². The van der Waals surface area contributed by atoms with Crippen molar-refractivity contribution in [1.82, 2.24) is 4.90 Å². The van der Waals surface area contributed by atoms with Crippen molar-refractivity contribution in [3.63, 3.8) is 0 Å². The fourth-order valence-corrected chi connectivity index (χ4v) is 6.76. The summed E-state index contributed by atoms with van der Waals surface area (Å²) < 4.78 is 17.4. The van der Waals surface area contributed by atoms with E-state index in [1.807, 2.05) is 0 Å². The van der Waals surface area contributed by atoms with Crippen LogP contribution in [0.25, 0.3) is 12.3 Å². The van der Waals surface area contributed by atoms with Crippen molar-refractivity contribution >= 4 is 30.4 Å². The van der Waals surface area contributed by atoms with Gasteiger partial charge in [0.05, 0.1) is 34.4 Å². The van der Waals surface area contributed by atoms with Crippen molar-refractivity contribution in [2.75, 3.05) is 21.2 Å². The third kappa shape index (κ3) is 5.35. The molecule has 4 aliphatic rings. The van der Waals surface area contributed by atoms with Crippen molar-refractivity contribution in [3.8, 4) is 17.2 Å². The number of aliphatic hydroxyl groups excluding tert-OH is 2. The van der Waals surface area contributed by atoms with Gasteiger partial charge in [-0.15, -0.1) is 0 Å². The number of nitrogens with two attached hydrogens (primary N) is 2.